The van der Waals surface area contributed by atoms with E-state index in [1.54, 1.807) is 17.5 Å². The summed E-state index contributed by atoms with van der Waals surface area (Å²) in [5.74, 6) is -1.38. The number of carboxylic acids is 1. The number of hydrogen-bond donors (Lipinski definition) is 1. The molecule has 0 atom stereocenters. The third-order valence-electron chi connectivity index (χ3n) is 2.37. The number of ether oxygens (including phenoxy) is 1. The Hall–Kier alpha value is -2.39. The van der Waals surface area contributed by atoms with Gasteiger partial charge < -0.3 is 9.84 Å². The fraction of sp³-hybridized carbons (Fsp3) is 0.0769. The van der Waals surface area contributed by atoms with Crippen molar-refractivity contribution in [3.8, 4) is 11.8 Å². The number of carboxylic acid groups (broad SMARTS) is 1. The van der Waals surface area contributed by atoms with E-state index in [9.17, 15) is 9.18 Å². The van der Waals surface area contributed by atoms with Crippen molar-refractivity contribution in [1.82, 2.24) is 0 Å². The highest BCUT2D eigenvalue weighted by Crippen LogP contribution is 2.25. The normalized spacial score (nSPS) is 9.89. The molecule has 0 bridgehead atoms. The van der Waals surface area contributed by atoms with Crippen LogP contribution in [0.3, 0.4) is 0 Å². The van der Waals surface area contributed by atoms with E-state index in [1.807, 2.05) is 0 Å². The highest BCUT2D eigenvalue weighted by molar-refractivity contribution is 7.12. The predicted octanol–water partition coefficient (Wildman–Crippen LogP) is 3.04. The third kappa shape index (κ3) is 2.89. The smallest absolute Gasteiger partial charge is 0.349 e. The van der Waals surface area contributed by atoms with Crippen molar-refractivity contribution in [2.75, 3.05) is 0 Å². The molecule has 0 saturated heterocycles. The summed E-state index contributed by atoms with van der Waals surface area (Å²) in [5, 5.41) is 19.2. The van der Waals surface area contributed by atoms with Gasteiger partial charge >= 0.3 is 5.97 Å². The Morgan fingerprint density at radius 2 is 2.26 bits per heavy atom. The standard InChI is InChI=1S/C13H8FNO3S/c14-10-2-1-8(5-9(10)6-15)7-18-11-3-4-19-12(11)13(16)17/h1-5H,7H2,(H,16,17). The highest BCUT2D eigenvalue weighted by Gasteiger charge is 2.13. The van der Waals surface area contributed by atoms with Crippen LogP contribution in [0.25, 0.3) is 0 Å². The Kier molecular flexibility index (Phi) is 3.78. The van der Waals surface area contributed by atoms with Gasteiger partial charge in [0, 0.05) is 0 Å². The first-order chi connectivity index (χ1) is 9.11. The molecule has 0 spiro atoms. The van der Waals surface area contributed by atoms with Crippen LogP contribution in [-0.4, -0.2) is 11.1 Å². The van der Waals surface area contributed by atoms with E-state index < -0.39 is 11.8 Å². The Balaban J connectivity index is 2.13. The lowest BCUT2D eigenvalue weighted by Crippen LogP contribution is -2.00. The number of nitriles is 1. The van der Waals surface area contributed by atoms with Gasteiger partial charge in [-0.15, -0.1) is 11.3 Å². The second-order valence-corrected chi connectivity index (χ2v) is 4.55. The molecule has 6 heteroatoms. The number of aromatic carboxylic acids is 1. The van der Waals surface area contributed by atoms with Crippen LogP contribution in [0.4, 0.5) is 4.39 Å². The maximum Gasteiger partial charge on any atom is 0.349 e. The van der Waals surface area contributed by atoms with Crippen molar-refractivity contribution in [3.63, 3.8) is 0 Å². The van der Waals surface area contributed by atoms with Gasteiger partial charge in [-0.3, -0.25) is 0 Å². The molecule has 0 unspecified atom stereocenters. The second-order valence-electron chi connectivity index (χ2n) is 3.63. The monoisotopic (exact) mass is 277 g/mol. The topological polar surface area (TPSA) is 70.3 Å². The Bertz CT molecular complexity index is 660. The Labute approximate surface area is 112 Å². The minimum absolute atomic E-state index is 0.0649. The number of thiophene rings is 1. The van der Waals surface area contributed by atoms with Crippen LogP contribution in [0, 0.1) is 17.1 Å². The number of rotatable bonds is 4. The summed E-state index contributed by atoms with van der Waals surface area (Å²) in [4.78, 5) is 11.0. The van der Waals surface area contributed by atoms with Crippen molar-refractivity contribution in [2.24, 2.45) is 0 Å². The summed E-state index contributed by atoms with van der Waals surface area (Å²) < 4.78 is 18.5. The van der Waals surface area contributed by atoms with E-state index in [2.05, 4.69) is 0 Å². The number of benzene rings is 1. The highest BCUT2D eigenvalue weighted by atomic mass is 32.1. The fourth-order valence-corrected chi connectivity index (χ4v) is 2.15. The van der Waals surface area contributed by atoms with Gasteiger partial charge in [0.1, 0.15) is 24.2 Å². The molecule has 0 aliphatic carbocycles. The van der Waals surface area contributed by atoms with Crippen LogP contribution in [-0.2, 0) is 6.61 Å². The lowest BCUT2D eigenvalue weighted by atomic mass is 10.1. The van der Waals surface area contributed by atoms with Crippen molar-refractivity contribution in [3.05, 3.63) is 51.5 Å². The zero-order chi connectivity index (χ0) is 13.8. The van der Waals surface area contributed by atoms with Crippen LogP contribution in [0.1, 0.15) is 20.8 Å². The molecule has 0 aliphatic heterocycles. The molecule has 0 radical (unpaired) electrons. The quantitative estimate of drug-likeness (QED) is 0.932. The lowest BCUT2D eigenvalue weighted by Gasteiger charge is -2.06. The molecule has 2 rings (SSSR count). The van der Waals surface area contributed by atoms with Gasteiger partial charge in [0.25, 0.3) is 0 Å². The largest absolute Gasteiger partial charge is 0.487 e. The maximum atomic E-state index is 13.1. The SMILES string of the molecule is N#Cc1cc(COc2ccsc2C(=O)O)ccc1F. The van der Waals surface area contributed by atoms with Crippen LogP contribution in [0.15, 0.2) is 29.6 Å². The average Bonchev–Trinajstić information content (AvgIpc) is 2.86. The molecule has 1 aromatic heterocycles. The summed E-state index contributed by atoms with van der Waals surface area (Å²) in [6.45, 7) is 0.0754. The zero-order valence-corrected chi connectivity index (χ0v) is 10.4. The maximum absolute atomic E-state index is 13.1. The summed E-state index contributed by atoms with van der Waals surface area (Å²) in [6, 6.07) is 7.34. The lowest BCUT2D eigenvalue weighted by molar-refractivity contribution is 0.0697. The molecule has 0 saturated carbocycles. The van der Waals surface area contributed by atoms with E-state index in [4.69, 9.17) is 15.1 Å². The van der Waals surface area contributed by atoms with Gasteiger partial charge in [-0.25, -0.2) is 9.18 Å². The van der Waals surface area contributed by atoms with E-state index in [1.165, 1.54) is 18.2 Å². The number of halogens is 1. The van der Waals surface area contributed by atoms with E-state index in [-0.39, 0.29) is 22.8 Å². The minimum Gasteiger partial charge on any atom is -0.487 e. The molecular weight excluding hydrogens is 269 g/mol. The van der Waals surface area contributed by atoms with Crippen molar-refractivity contribution in [1.29, 1.82) is 5.26 Å². The molecule has 0 amide bonds. The average molecular weight is 277 g/mol. The van der Waals surface area contributed by atoms with E-state index >= 15 is 0 Å². The summed E-state index contributed by atoms with van der Waals surface area (Å²) in [6.07, 6.45) is 0. The van der Waals surface area contributed by atoms with Gasteiger partial charge in [0.05, 0.1) is 5.56 Å². The molecule has 0 fully saturated rings. The third-order valence-corrected chi connectivity index (χ3v) is 3.25. The van der Waals surface area contributed by atoms with Crippen molar-refractivity contribution < 1.29 is 19.0 Å². The van der Waals surface area contributed by atoms with Gasteiger partial charge in [0.2, 0.25) is 0 Å². The Morgan fingerprint density at radius 3 is 2.95 bits per heavy atom. The van der Waals surface area contributed by atoms with E-state index in [0.29, 0.717) is 5.56 Å². The van der Waals surface area contributed by atoms with Crippen molar-refractivity contribution >= 4 is 17.3 Å². The van der Waals surface area contributed by atoms with Gasteiger partial charge in [-0.1, -0.05) is 6.07 Å². The fourth-order valence-electron chi connectivity index (χ4n) is 1.48. The second kappa shape index (κ2) is 5.50. The molecule has 1 heterocycles. The molecule has 4 nitrogen and oxygen atoms in total. The first-order valence-electron chi connectivity index (χ1n) is 5.24. The number of hydrogen-bond acceptors (Lipinski definition) is 4. The van der Waals surface area contributed by atoms with Gasteiger partial charge in [0.15, 0.2) is 4.88 Å². The summed E-state index contributed by atoms with van der Waals surface area (Å²) in [7, 11) is 0. The molecule has 1 aromatic carbocycles. The van der Waals surface area contributed by atoms with Crippen LogP contribution >= 0.6 is 11.3 Å². The first-order valence-corrected chi connectivity index (χ1v) is 6.12. The molecule has 1 N–H and O–H groups in total. The molecule has 19 heavy (non-hydrogen) atoms. The minimum atomic E-state index is -1.05. The van der Waals surface area contributed by atoms with E-state index in [0.717, 1.165) is 11.3 Å². The number of carbonyl (C=O) groups is 1. The first kappa shape index (κ1) is 13.1. The van der Waals surface area contributed by atoms with Gasteiger partial charge in [-0.05, 0) is 29.1 Å². The molecular formula is C13H8FNO3S. The molecule has 2 aromatic rings. The number of nitrogens with zero attached hydrogens (tertiary/aromatic N) is 1. The van der Waals surface area contributed by atoms with Crippen molar-refractivity contribution in [2.45, 2.75) is 6.61 Å². The van der Waals surface area contributed by atoms with Gasteiger partial charge in [-0.2, -0.15) is 5.26 Å². The van der Waals surface area contributed by atoms with Crippen LogP contribution in [0.2, 0.25) is 0 Å². The summed E-state index contributed by atoms with van der Waals surface area (Å²) >= 11 is 1.07. The predicted molar refractivity (Wildman–Crippen MR) is 66.7 cm³/mol. The van der Waals surface area contributed by atoms with Crippen LogP contribution < -0.4 is 4.74 Å². The van der Waals surface area contributed by atoms with Crippen LogP contribution in [0.5, 0.6) is 5.75 Å². The summed E-state index contributed by atoms with van der Waals surface area (Å²) in [5.41, 5.74) is 0.533. The molecule has 0 aliphatic rings. The zero-order valence-electron chi connectivity index (χ0n) is 9.59. The molecule has 96 valence electrons. The Morgan fingerprint density at radius 1 is 1.47 bits per heavy atom.